The van der Waals surface area contributed by atoms with Crippen LogP contribution in [0.25, 0.3) is 10.9 Å². The number of hydrogen-bond acceptors (Lipinski definition) is 4. The fourth-order valence-corrected chi connectivity index (χ4v) is 4.05. The summed E-state index contributed by atoms with van der Waals surface area (Å²) in [6.07, 6.45) is 0.117. The molecule has 0 spiro atoms. The first-order valence-corrected chi connectivity index (χ1v) is 8.76. The van der Waals surface area contributed by atoms with Crippen LogP contribution in [0.3, 0.4) is 0 Å². The Labute approximate surface area is 142 Å². The van der Waals surface area contributed by atoms with Gasteiger partial charge in [-0.3, -0.25) is 4.98 Å². The van der Waals surface area contributed by atoms with E-state index < -0.39 is 26.7 Å². The maximum atomic E-state index is 12.9. The summed E-state index contributed by atoms with van der Waals surface area (Å²) in [5, 5.41) is 0.600. The van der Waals surface area contributed by atoms with Crippen molar-refractivity contribution in [3.05, 3.63) is 60.0 Å². The molecule has 0 atom stereocenters. The predicted molar refractivity (Wildman–Crippen MR) is 86.5 cm³/mol. The van der Waals surface area contributed by atoms with Crippen LogP contribution in [-0.4, -0.2) is 23.9 Å². The molecule has 0 fully saturated rings. The molecular formula is C16H14F3N3O2S. The smallest absolute Gasteiger partial charge is 0.330 e. The molecule has 0 radical (unpaired) electrons. The van der Waals surface area contributed by atoms with E-state index in [4.69, 9.17) is 5.73 Å². The Balaban J connectivity index is 2.21. The third-order valence-corrected chi connectivity index (χ3v) is 5.46. The highest BCUT2D eigenvalue weighted by atomic mass is 32.2. The van der Waals surface area contributed by atoms with Crippen molar-refractivity contribution in [3.8, 4) is 0 Å². The molecule has 2 N–H and O–H groups in total. The first-order valence-electron chi connectivity index (χ1n) is 7.32. The van der Waals surface area contributed by atoms with Crippen molar-refractivity contribution in [2.45, 2.75) is 17.5 Å². The molecule has 0 aliphatic rings. The van der Waals surface area contributed by atoms with E-state index in [1.165, 1.54) is 24.7 Å². The van der Waals surface area contributed by atoms with Gasteiger partial charge in [0, 0.05) is 24.0 Å². The summed E-state index contributed by atoms with van der Waals surface area (Å²) in [6, 6.07) is 5.17. The number of alkyl halides is 3. The molecule has 3 rings (SSSR count). The summed E-state index contributed by atoms with van der Waals surface area (Å²) in [5.74, 6) is 0. The number of hydrogen-bond donors (Lipinski definition) is 1. The quantitative estimate of drug-likeness (QED) is 0.767. The van der Waals surface area contributed by atoms with Crippen LogP contribution in [0.1, 0.15) is 11.1 Å². The molecule has 0 amide bonds. The van der Waals surface area contributed by atoms with Crippen molar-refractivity contribution in [2.75, 3.05) is 6.54 Å². The summed E-state index contributed by atoms with van der Waals surface area (Å²) < 4.78 is 65.4. The number of fused-ring (bicyclic) bond motifs is 1. The fraction of sp³-hybridized carbons (Fsp3) is 0.188. The van der Waals surface area contributed by atoms with E-state index in [2.05, 4.69) is 4.98 Å². The van der Waals surface area contributed by atoms with Crippen molar-refractivity contribution in [2.24, 2.45) is 5.73 Å². The Morgan fingerprint density at radius 2 is 1.96 bits per heavy atom. The van der Waals surface area contributed by atoms with Crippen LogP contribution in [0.15, 0.2) is 53.8 Å². The van der Waals surface area contributed by atoms with Crippen molar-refractivity contribution in [1.82, 2.24) is 8.96 Å². The van der Waals surface area contributed by atoms with Crippen molar-refractivity contribution >= 4 is 20.9 Å². The molecule has 0 unspecified atom stereocenters. The molecule has 0 saturated carbocycles. The zero-order chi connectivity index (χ0) is 18.2. The monoisotopic (exact) mass is 369 g/mol. The number of benzene rings is 1. The molecule has 3 aromatic rings. The van der Waals surface area contributed by atoms with E-state index in [0.717, 1.165) is 22.2 Å². The number of nitrogens with zero attached hydrogens (tertiary/aromatic N) is 2. The second kappa shape index (κ2) is 6.16. The molecule has 0 aliphatic carbocycles. The second-order valence-electron chi connectivity index (χ2n) is 5.41. The van der Waals surface area contributed by atoms with E-state index in [-0.39, 0.29) is 0 Å². The highest BCUT2D eigenvalue weighted by Crippen LogP contribution is 2.32. The van der Waals surface area contributed by atoms with E-state index in [9.17, 15) is 21.6 Å². The van der Waals surface area contributed by atoms with Gasteiger partial charge in [0.2, 0.25) is 0 Å². The van der Waals surface area contributed by atoms with Gasteiger partial charge >= 0.3 is 6.18 Å². The van der Waals surface area contributed by atoms with Gasteiger partial charge in [-0.2, -0.15) is 13.2 Å². The van der Waals surface area contributed by atoms with Gasteiger partial charge in [0.15, 0.2) is 0 Å². The molecule has 5 nitrogen and oxygen atoms in total. The Morgan fingerprint density at radius 1 is 1.20 bits per heavy atom. The lowest BCUT2D eigenvalue weighted by atomic mass is 10.2. The molecular weight excluding hydrogens is 355 g/mol. The number of nitrogens with two attached hydrogens (primary N) is 1. The summed E-state index contributed by atoms with van der Waals surface area (Å²) in [4.78, 5) is 3.54. The van der Waals surface area contributed by atoms with E-state index in [1.54, 1.807) is 0 Å². The zero-order valence-electron chi connectivity index (χ0n) is 12.9. The summed E-state index contributed by atoms with van der Waals surface area (Å²) >= 11 is 0. The van der Waals surface area contributed by atoms with Gasteiger partial charge < -0.3 is 5.73 Å². The van der Waals surface area contributed by atoms with Gasteiger partial charge in [-0.1, -0.05) is 6.07 Å². The standard InChI is InChI=1S/C16H14F3N3O2S/c17-16(18,19)12-2-1-3-13(8-12)25(23,24)22-10-11(4-6-20)14-9-21-7-5-15(14)22/h1-3,5,7-10H,4,6,20H2. The van der Waals surface area contributed by atoms with E-state index in [1.807, 2.05) is 0 Å². The lowest BCUT2D eigenvalue weighted by Gasteiger charge is -2.11. The topological polar surface area (TPSA) is 78.0 Å². The highest BCUT2D eigenvalue weighted by molar-refractivity contribution is 7.90. The minimum absolute atomic E-state index is 0.303. The zero-order valence-corrected chi connectivity index (χ0v) is 13.7. The molecule has 132 valence electrons. The lowest BCUT2D eigenvalue weighted by molar-refractivity contribution is -0.137. The largest absolute Gasteiger partial charge is 0.416 e. The highest BCUT2D eigenvalue weighted by Gasteiger charge is 2.32. The van der Waals surface area contributed by atoms with Crippen LogP contribution in [0.5, 0.6) is 0 Å². The maximum absolute atomic E-state index is 12.9. The summed E-state index contributed by atoms with van der Waals surface area (Å²) in [5.41, 5.74) is 5.54. The summed E-state index contributed by atoms with van der Waals surface area (Å²) in [7, 11) is -4.20. The van der Waals surface area contributed by atoms with Gasteiger partial charge in [0.1, 0.15) is 0 Å². The van der Waals surface area contributed by atoms with Gasteiger partial charge in [0.25, 0.3) is 10.0 Å². The number of pyridine rings is 1. The molecule has 25 heavy (non-hydrogen) atoms. The van der Waals surface area contributed by atoms with E-state index in [0.29, 0.717) is 35.5 Å². The minimum atomic E-state index is -4.63. The Bertz CT molecular complexity index is 1030. The van der Waals surface area contributed by atoms with Crippen LogP contribution in [0.4, 0.5) is 13.2 Å². The fourth-order valence-electron chi connectivity index (χ4n) is 2.61. The van der Waals surface area contributed by atoms with Crippen molar-refractivity contribution in [1.29, 1.82) is 0 Å². The molecule has 0 saturated heterocycles. The number of halogens is 3. The first kappa shape index (κ1) is 17.4. The number of aromatic nitrogens is 2. The summed E-state index contributed by atoms with van der Waals surface area (Å²) in [6.45, 7) is 0.303. The van der Waals surface area contributed by atoms with Crippen LogP contribution in [0.2, 0.25) is 0 Å². The van der Waals surface area contributed by atoms with Gasteiger partial charge in [-0.25, -0.2) is 12.4 Å². The maximum Gasteiger partial charge on any atom is 0.416 e. The van der Waals surface area contributed by atoms with Crippen LogP contribution in [-0.2, 0) is 22.6 Å². The van der Waals surface area contributed by atoms with Crippen molar-refractivity contribution < 1.29 is 21.6 Å². The Hall–Kier alpha value is -2.39. The molecule has 9 heteroatoms. The van der Waals surface area contributed by atoms with Gasteiger partial charge in [-0.15, -0.1) is 0 Å². The second-order valence-corrected chi connectivity index (χ2v) is 7.23. The normalized spacial score (nSPS) is 12.6. The third-order valence-electron chi connectivity index (χ3n) is 3.79. The van der Waals surface area contributed by atoms with Gasteiger partial charge in [0.05, 0.1) is 16.0 Å². The Kier molecular flexibility index (Phi) is 4.29. The third kappa shape index (κ3) is 3.12. The van der Waals surface area contributed by atoms with Crippen molar-refractivity contribution in [3.63, 3.8) is 0 Å². The molecule has 0 bridgehead atoms. The SMILES string of the molecule is NCCc1cn(S(=O)(=O)c2cccc(C(F)(F)F)c2)c2ccncc12. The lowest BCUT2D eigenvalue weighted by Crippen LogP contribution is -2.14. The number of rotatable bonds is 4. The predicted octanol–water partition coefficient (Wildman–Crippen LogP) is 2.79. The van der Waals surface area contributed by atoms with E-state index >= 15 is 0 Å². The molecule has 2 heterocycles. The Morgan fingerprint density at radius 3 is 2.64 bits per heavy atom. The van der Waals surface area contributed by atoms with Gasteiger partial charge in [-0.05, 0) is 42.8 Å². The molecule has 1 aromatic carbocycles. The first-order chi connectivity index (χ1) is 11.7. The van der Waals surface area contributed by atoms with Crippen LogP contribution in [0, 0.1) is 0 Å². The molecule has 2 aromatic heterocycles. The minimum Gasteiger partial charge on any atom is -0.330 e. The average Bonchev–Trinajstić information content (AvgIpc) is 2.94. The van der Waals surface area contributed by atoms with Crippen LogP contribution >= 0.6 is 0 Å². The van der Waals surface area contributed by atoms with Crippen LogP contribution < -0.4 is 5.73 Å². The molecule has 0 aliphatic heterocycles. The average molecular weight is 369 g/mol.